The van der Waals surface area contributed by atoms with Gasteiger partial charge in [0.25, 0.3) is 0 Å². The molecule has 2 N–H and O–H groups in total. The summed E-state index contributed by atoms with van der Waals surface area (Å²) in [7, 11) is 0. The Bertz CT molecular complexity index is 325. The van der Waals surface area contributed by atoms with Gasteiger partial charge in [-0.25, -0.2) is 0 Å². The van der Waals surface area contributed by atoms with Crippen LogP contribution >= 0.6 is 0 Å². The van der Waals surface area contributed by atoms with Gasteiger partial charge in [-0.15, -0.1) is 0 Å². The average molecular weight is 249 g/mol. The van der Waals surface area contributed by atoms with Gasteiger partial charge in [-0.05, 0) is 23.5 Å². The fourth-order valence-corrected chi connectivity index (χ4v) is 2.09. The molecule has 0 bridgehead atoms. The van der Waals surface area contributed by atoms with Gasteiger partial charge in [0.2, 0.25) is 0 Å². The molecule has 0 saturated carbocycles. The van der Waals surface area contributed by atoms with Crippen molar-refractivity contribution < 1.29 is 4.74 Å². The van der Waals surface area contributed by atoms with Crippen LogP contribution < -0.4 is 5.73 Å². The van der Waals surface area contributed by atoms with Crippen LogP contribution in [0.1, 0.15) is 50.7 Å². The zero-order chi connectivity index (χ0) is 13.2. The molecule has 0 amide bonds. The molecule has 0 radical (unpaired) electrons. The predicted molar refractivity (Wildman–Crippen MR) is 77.3 cm³/mol. The number of hydrogen-bond donors (Lipinski definition) is 1. The molecule has 1 rings (SSSR count). The predicted octanol–water partition coefficient (Wildman–Crippen LogP) is 3.88. The Balaban J connectivity index is 2.30. The average Bonchev–Trinajstić information content (AvgIpc) is 2.43. The molecule has 102 valence electrons. The molecule has 0 aromatic heterocycles. The zero-order valence-corrected chi connectivity index (χ0v) is 11.8. The summed E-state index contributed by atoms with van der Waals surface area (Å²) in [4.78, 5) is 0. The van der Waals surface area contributed by atoms with Gasteiger partial charge in [0.15, 0.2) is 0 Å². The number of nitrogens with two attached hydrogens (primary N) is 1. The minimum absolute atomic E-state index is 0.599. The maximum Gasteiger partial charge on any atom is 0.0717 e. The smallest absolute Gasteiger partial charge is 0.0717 e. The summed E-state index contributed by atoms with van der Waals surface area (Å²) in [5.74, 6) is 0.711. The van der Waals surface area contributed by atoms with E-state index < -0.39 is 0 Å². The van der Waals surface area contributed by atoms with Crippen LogP contribution in [0.2, 0.25) is 0 Å². The van der Waals surface area contributed by atoms with E-state index in [2.05, 4.69) is 38.1 Å². The van der Waals surface area contributed by atoms with Crippen LogP contribution in [-0.4, -0.2) is 6.61 Å². The molecule has 18 heavy (non-hydrogen) atoms. The highest BCUT2D eigenvalue weighted by molar-refractivity contribution is 5.22. The molecule has 0 aliphatic heterocycles. The summed E-state index contributed by atoms with van der Waals surface area (Å²) in [5, 5.41) is 0. The van der Waals surface area contributed by atoms with Gasteiger partial charge >= 0.3 is 0 Å². The zero-order valence-electron chi connectivity index (χ0n) is 11.8. The topological polar surface area (TPSA) is 35.2 Å². The summed E-state index contributed by atoms with van der Waals surface area (Å²) in [5.41, 5.74) is 8.03. The quantitative estimate of drug-likeness (QED) is 0.721. The van der Waals surface area contributed by atoms with Crippen molar-refractivity contribution >= 4 is 0 Å². The number of ether oxygens (including phenoxy) is 1. The van der Waals surface area contributed by atoms with E-state index in [-0.39, 0.29) is 0 Å². The lowest BCUT2D eigenvalue weighted by Crippen LogP contribution is -2.09. The first-order chi connectivity index (χ1) is 8.80. The molecule has 0 aliphatic rings. The molecule has 1 aromatic carbocycles. The summed E-state index contributed by atoms with van der Waals surface area (Å²) in [6, 6.07) is 8.34. The lowest BCUT2D eigenvalue weighted by Gasteiger charge is -2.14. The van der Waals surface area contributed by atoms with Gasteiger partial charge in [0, 0.05) is 13.2 Å². The van der Waals surface area contributed by atoms with Crippen molar-refractivity contribution in [2.75, 3.05) is 6.61 Å². The van der Waals surface area contributed by atoms with E-state index in [1.807, 2.05) is 0 Å². The molecule has 2 nitrogen and oxygen atoms in total. The fourth-order valence-electron chi connectivity index (χ4n) is 2.09. The largest absolute Gasteiger partial charge is 0.376 e. The van der Waals surface area contributed by atoms with Crippen molar-refractivity contribution in [3.8, 4) is 0 Å². The highest BCUT2D eigenvalue weighted by Crippen LogP contribution is 2.14. The molecular formula is C16H27NO. The third-order valence-corrected chi connectivity index (χ3v) is 3.39. The van der Waals surface area contributed by atoms with Gasteiger partial charge in [-0.2, -0.15) is 0 Å². The van der Waals surface area contributed by atoms with Crippen LogP contribution in [0.5, 0.6) is 0 Å². The van der Waals surface area contributed by atoms with Crippen molar-refractivity contribution in [1.29, 1.82) is 0 Å². The van der Waals surface area contributed by atoms with Gasteiger partial charge in [-0.3, -0.25) is 0 Å². The number of benzene rings is 1. The van der Waals surface area contributed by atoms with Gasteiger partial charge in [0.05, 0.1) is 6.61 Å². The highest BCUT2D eigenvalue weighted by Gasteiger charge is 2.06. The molecule has 2 heteroatoms. The first-order valence-electron chi connectivity index (χ1n) is 7.15. The van der Waals surface area contributed by atoms with Gasteiger partial charge < -0.3 is 10.5 Å². The summed E-state index contributed by atoms with van der Waals surface area (Å²) in [6.07, 6.45) is 5.08. The second-order valence-electron chi connectivity index (χ2n) is 4.96. The van der Waals surface area contributed by atoms with Crippen LogP contribution in [0.15, 0.2) is 24.3 Å². The number of unbranched alkanes of at least 4 members (excludes halogenated alkanes) is 1. The fraction of sp³-hybridized carbons (Fsp3) is 0.625. The van der Waals surface area contributed by atoms with Crippen LogP contribution in [-0.2, 0) is 17.9 Å². The van der Waals surface area contributed by atoms with Crippen LogP contribution in [0, 0.1) is 5.92 Å². The third-order valence-electron chi connectivity index (χ3n) is 3.39. The Labute approximate surface area is 112 Å². The van der Waals surface area contributed by atoms with Crippen molar-refractivity contribution in [2.45, 2.75) is 52.7 Å². The van der Waals surface area contributed by atoms with Crippen molar-refractivity contribution in [3.63, 3.8) is 0 Å². The van der Waals surface area contributed by atoms with Crippen molar-refractivity contribution in [1.82, 2.24) is 0 Å². The van der Waals surface area contributed by atoms with E-state index in [9.17, 15) is 0 Å². The lowest BCUT2D eigenvalue weighted by atomic mass is 10.0. The molecule has 0 heterocycles. The molecule has 1 aromatic rings. The molecule has 1 unspecified atom stereocenters. The van der Waals surface area contributed by atoms with E-state index in [4.69, 9.17) is 10.5 Å². The van der Waals surface area contributed by atoms with E-state index >= 15 is 0 Å². The third kappa shape index (κ3) is 5.65. The highest BCUT2D eigenvalue weighted by atomic mass is 16.5. The van der Waals surface area contributed by atoms with Crippen LogP contribution in [0.3, 0.4) is 0 Å². The van der Waals surface area contributed by atoms with Crippen LogP contribution in [0.4, 0.5) is 0 Å². The molecule has 0 spiro atoms. The SMILES string of the molecule is CCCCC(CC)COCc1cccc(CN)c1. The normalized spacial score (nSPS) is 12.6. The van der Waals surface area contributed by atoms with Crippen molar-refractivity contribution in [2.24, 2.45) is 11.7 Å². The van der Waals surface area contributed by atoms with E-state index in [1.165, 1.54) is 36.8 Å². The second kappa shape index (κ2) is 9.12. The standard InChI is InChI=1S/C16H27NO/c1-3-5-7-14(4-2)12-18-13-16-9-6-8-15(10-16)11-17/h6,8-10,14H,3-5,7,11-13,17H2,1-2H3. The second-order valence-corrected chi connectivity index (χ2v) is 4.96. The van der Waals surface area contributed by atoms with E-state index in [1.54, 1.807) is 0 Å². The molecular weight excluding hydrogens is 222 g/mol. The minimum Gasteiger partial charge on any atom is -0.376 e. The van der Waals surface area contributed by atoms with Crippen LogP contribution in [0.25, 0.3) is 0 Å². The Morgan fingerprint density at radius 1 is 1.22 bits per heavy atom. The monoisotopic (exact) mass is 249 g/mol. The minimum atomic E-state index is 0.599. The Morgan fingerprint density at radius 3 is 2.67 bits per heavy atom. The number of hydrogen-bond acceptors (Lipinski definition) is 2. The first-order valence-corrected chi connectivity index (χ1v) is 7.15. The summed E-state index contributed by atoms with van der Waals surface area (Å²) < 4.78 is 5.83. The van der Waals surface area contributed by atoms with Gasteiger partial charge in [-0.1, -0.05) is 57.4 Å². The summed E-state index contributed by atoms with van der Waals surface area (Å²) in [6.45, 7) is 6.67. The van der Waals surface area contributed by atoms with E-state index in [0.29, 0.717) is 19.1 Å². The van der Waals surface area contributed by atoms with E-state index in [0.717, 1.165) is 6.61 Å². The Kier molecular flexibility index (Phi) is 7.70. The van der Waals surface area contributed by atoms with Gasteiger partial charge in [0.1, 0.15) is 0 Å². The lowest BCUT2D eigenvalue weighted by molar-refractivity contribution is 0.0819. The molecule has 0 aliphatic carbocycles. The molecule has 0 saturated heterocycles. The molecule has 0 fully saturated rings. The number of rotatable bonds is 9. The Hall–Kier alpha value is -0.860. The van der Waals surface area contributed by atoms with Crippen molar-refractivity contribution in [3.05, 3.63) is 35.4 Å². The maximum atomic E-state index is 5.83. The Morgan fingerprint density at radius 2 is 2.00 bits per heavy atom. The summed E-state index contributed by atoms with van der Waals surface area (Å²) >= 11 is 0. The maximum absolute atomic E-state index is 5.83. The first kappa shape index (κ1) is 15.2. The molecule has 1 atom stereocenters.